The van der Waals surface area contributed by atoms with Gasteiger partial charge in [-0.3, -0.25) is 4.79 Å². The molecule has 0 fully saturated rings. The van der Waals surface area contributed by atoms with Gasteiger partial charge in [0, 0.05) is 18.7 Å². The first kappa shape index (κ1) is 19.4. The van der Waals surface area contributed by atoms with Gasteiger partial charge in [0.1, 0.15) is 19.5 Å². The molecule has 5 nitrogen and oxygen atoms in total. The van der Waals surface area contributed by atoms with E-state index in [1.54, 1.807) is 12.1 Å². The van der Waals surface area contributed by atoms with E-state index in [4.69, 9.17) is 44.4 Å². The van der Waals surface area contributed by atoms with Gasteiger partial charge in [0.05, 0.1) is 15.1 Å². The van der Waals surface area contributed by atoms with Crippen molar-refractivity contribution < 1.29 is 14.4 Å². The van der Waals surface area contributed by atoms with E-state index in [0.717, 1.165) is 5.56 Å². The fourth-order valence-corrected chi connectivity index (χ4v) is 2.66. The molecule has 0 aromatic heterocycles. The first-order chi connectivity index (χ1) is 12.0. The minimum atomic E-state index is -0.373. The SMILES string of the molecule is CNC(=O)C(=NOC)c1ccccc1COc1cc(Cl)c(Cl)cc1Cl. The number of nitrogens with zero attached hydrogens (tertiary/aromatic N) is 1. The van der Waals surface area contributed by atoms with E-state index in [1.165, 1.54) is 26.3 Å². The van der Waals surface area contributed by atoms with Crippen molar-refractivity contribution in [3.8, 4) is 5.75 Å². The predicted octanol–water partition coefficient (Wildman–Crippen LogP) is 4.32. The zero-order chi connectivity index (χ0) is 18.4. The summed E-state index contributed by atoms with van der Waals surface area (Å²) in [5.74, 6) is 0.0120. The van der Waals surface area contributed by atoms with Gasteiger partial charge in [0.15, 0.2) is 5.71 Å². The second-order valence-corrected chi connectivity index (χ2v) is 6.07. The summed E-state index contributed by atoms with van der Waals surface area (Å²) in [5.41, 5.74) is 1.45. The highest BCUT2D eigenvalue weighted by molar-refractivity contribution is 6.45. The number of nitrogens with one attached hydrogen (secondary N) is 1. The van der Waals surface area contributed by atoms with Gasteiger partial charge in [-0.25, -0.2) is 0 Å². The van der Waals surface area contributed by atoms with Crippen LogP contribution in [0, 0.1) is 0 Å². The van der Waals surface area contributed by atoms with Crippen LogP contribution in [-0.4, -0.2) is 25.8 Å². The normalized spacial score (nSPS) is 11.2. The average molecular weight is 402 g/mol. The number of amides is 1. The Morgan fingerprint density at radius 1 is 1.12 bits per heavy atom. The average Bonchev–Trinajstić information content (AvgIpc) is 2.61. The molecule has 0 atom stereocenters. The molecule has 25 heavy (non-hydrogen) atoms. The van der Waals surface area contributed by atoms with Crippen molar-refractivity contribution in [3.63, 3.8) is 0 Å². The minimum Gasteiger partial charge on any atom is -0.487 e. The Bertz CT molecular complexity index is 810. The van der Waals surface area contributed by atoms with Crippen molar-refractivity contribution in [1.82, 2.24) is 5.32 Å². The Kier molecular flexibility index (Phi) is 6.93. The van der Waals surface area contributed by atoms with Crippen LogP contribution in [0.25, 0.3) is 0 Å². The van der Waals surface area contributed by atoms with Crippen LogP contribution >= 0.6 is 34.8 Å². The number of likely N-dealkylation sites (N-methyl/N-ethyl adjacent to an activating group) is 1. The Hall–Kier alpha value is -1.95. The molecule has 0 unspecified atom stereocenters. The number of rotatable bonds is 6. The molecule has 132 valence electrons. The number of carbonyl (C=O) groups is 1. The summed E-state index contributed by atoms with van der Waals surface area (Å²) in [4.78, 5) is 16.8. The predicted molar refractivity (Wildman–Crippen MR) is 99.9 cm³/mol. The molecule has 0 spiro atoms. The fraction of sp³-hybridized carbons (Fsp3) is 0.176. The molecule has 8 heteroatoms. The third-order valence-electron chi connectivity index (χ3n) is 3.26. The first-order valence-corrected chi connectivity index (χ1v) is 8.30. The summed E-state index contributed by atoms with van der Waals surface area (Å²) in [6.07, 6.45) is 0. The molecule has 1 amide bonds. The van der Waals surface area contributed by atoms with Crippen LogP contribution in [0.15, 0.2) is 41.6 Å². The van der Waals surface area contributed by atoms with Crippen molar-refractivity contribution in [2.24, 2.45) is 5.16 Å². The summed E-state index contributed by atoms with van der Waals surface area (Å²) >= 11 is 18.0. The van der Waals surface area contributed by atoms with E-state index < -0.39 is 0 Å². The number of halogens is 3. The van der Waals surface area contributed by atoms with Crippen molar-refractivity contribution >= 4 is 46.4 Å². The smallest absolute Gasteiger partial charge is 0.273 e. The number of ether oxygens (including phenoxy) is 1. The summed E-state index contributed by atoms with van der Waals surface area (Å²) < 4.78 is 5.74. The molecule has 0 bridgehead atoms. The van der Waals surface area contributed by atoms with E-state index in [2.05, 4.69) is 10.5 Å². The maximum absolute atomic E-state index is 12.0. The maximum atomic E-state index is 12.0. The molecule has 0 aliphatic rings. The third-order valence-corrected chi connectivity index (χ3v) is 4.27. The van der Waals surface area contributed by atoms with Crippen molar-refractivity contribution in [2.75, 3.05) is 14.2 Å². The number of hydrogen-bond donors (Lipinski definition) is 1. The van der Waals surface area contributed by atoms with Gasteiger partial charge in [0.2, 0.25) is 0 Å². The minimum absolute atomic E-state index is 0.143. The molecule has 0 aliphatic carbocycles. The van der Waals surface area contributed by atoms with Crippen molar-refractivity contribution in [3.05, 3.63) is 62.6 Å². The zero-order valence-electron chi connectivity index (χ0n) is 13.5. The van der Waals surface area contributed by atoms with Crippen molar-refractivity contribution in [1.29, 1.82) is 0 Å². The molecule has 2 aromatic carbocycles. The van der Waals surface area contributed by atoms with Crippen LogP contribution in [0.5, 0.6) is 5.75 Å². The number of benzene rings is 2. The Morgan fingerprint density at radius 2 is 1.80 bits per heavy atom. The van der Waals surface area contributed by atoms with Gasteiger partial charge >= 0.3 is 0 Å². The second kappa shape index (κ2) is 8.94. The Balaban J connectivity index is 2.31. The summed E-state index contributed by atoms with van der Waals surface area (Å²) in [6.45, 7) is 0.146. The van der Waals surface area contributed by atoms with Gasteiger partial charge in [-0.1, -0.05) is 64.2 Å². The highest BCUT2D eigenvalue weighted by Gasteiger charge is 2.18. The van der Waals surface area contributed by atoms with Gasteiger partial charge in [-0.2, -0.15) is 0 Å². The van der Waals surface area contributed by atoms with Crippen LogP contribution in [0.3, 0.4) is 0 Å². The molecule has 0 saturated heterocycles. The van der Waals surface area contributed by atoms with E-state index in [1.807, 2.05) is 12.1 Å². The molecule has 0 heterocycles. The van der Waals surface area contributed by atoms with E-state index in [-0.39, 0.29) is 18.2 Å². The third kappa shape index (κ3) is 4.78. The number of carbonyl (C=O) groups excluding carboxylic acids is 1. The molecule has 0 saturated carbocycles. The monoisotopic (exact) mass is 400 g/mol. The van der Waals surface area contributed by atoms with Gasteiger partial charge < -0.3 is 14.9 Å². The van der Waals surface area contributed by atoms with Crippen LogP contribution in [-0.2, 0) is 16.2 Å². The van der Waals surface area contributed by atoms with E-state index in [9.17, 15) is 4.79 Å². The maximum Gasteiger partial charge on any atom is 0.273 e. The van der Waals surface area contributed by atoms with E-state index in [0.29, 0.717) is 26.4 Å². The fourth-order valence-electron chi connectivity index (χ4n) is 2.07. The number of oxime groups is 1. The quantitative estimate of drug-likeness (QED) is 0.445. The standard InChI is InChI=1S/C17H15Cl3N2O3/c1-21-17(23)16(22-24-2)11-6-4-3-5-10(11)9-25-15-8-13(19)12(18)7-14(15)20/h3-8H,9H2,1-2H3,(H,21,23). The van der Waals surface area contributed by atoms with Crippen LogP contribution < -0.4 is 10.1 Å². The van der Waals surface area contributed by atoms with Gasteiger partial charge in [-0.05, 0) is 11.6 Å². The Labute approximate surface area is 160 Å². The molecular weight excluding hydrogens is 387 g/mol. The van der Waals surface area contributed by atoms with Crippen LogP contribution in [0.2, 0.25) is 15.1 Å². The molecule has 1 N–H and O–H groups in total. The lowest BCUT2D eigenvalue weighted by Crippen LogP contribution is -2.29. The molecule has 2 aromatic rings. The highest BCUT2D eigenvalue weighted by Crippen LogP contribution is 2.34. The van der Waals surface area contributed by atoms with E-state index >= 15 is 0 Å². The zero-order valence-corrected chi connectivity index (χ0v) is 15.7. The van der Waals surface area contributed by atoms with Crippen LogP contribution in [0.4, 0.5) is 0 Å². The summed E-state index contributed by atoms with van der Waals surface area (Å²) in [7, 11) is 2.89. The van der Waals surface area contributed by atoms with Crippen molar-refractivity contribution in [2.45, 2.75) is 6.61 Å². The highest BCUT2D eigenvalue weighted by atomic mass is 35.5. The Morgan fingerprint density at radius 3 is 2.48 bits per heavy atom. The molecular formula is C17H15Cl3N2O3. The molecule has 0 aliphatic heterocycles. The van der Waals surface area contributed by atoms with Crippen LogP contribution in [0.1, 0.15) is 11.1 Å². The summed E-state index contributed by atoms with van der Waals surface area (Å²) in [6, 6.07) is 10.2. The lowest BCUT2D eigenvalue weighted by atomic mass is 10.0. The van der Waals surface area contributed by atoms with Gasteiger partial charge in [0.25, 0.3) is 5.91 Å². The molecule has 2 rings (SSSR count). The molecule has 0 radical (unpaired) electrons. The topological polar surface area (TPSA) is 59.9 Å². The van der Waals surface area contributed by atoms with Gasteiger partial charge in [-0.15, -0.1) is 0 Å². The second-order valence-electron chi connectivity index (χ2n) is 4.84. The lowest BCUT2D eigenvalue weighted by molar-refractivity contribution is -0.114. The largest absolute Gasteiger partial charge is 0.487 e. The first-order valence-electron chi connectivity index (χ1n) is 7.16. The summed E-state index contributed by atoms with van der Waals surface area (Å²) in [5, 5.41) is 7.35. The lowest BCUT2D eigenvalue weighted by Gasteiger charge is -2.13. The number of hydrogen-bond acceptors (Lipinski definition) is 4.